The molecule has 0 saturated heterocycles. The highest BCUT2D eigenvalue weighted by Crippen LogP contribution is 2.31. The van der Waals surface area contributed by atoms with Crippen LogP contribution in [0.25, 0.3) is 11.3 Å². The zero-order chi connectivity index (χ0) is 12.6. The number of nitrogens with two attached hydrogens (primary N) is 1. The molecule has 2 aromatic rings. The summed E-state index contributed by atoms with van der Waals surface area (Å²) < 4.78 is 2.57. The maximum absolute atomic E-state index is 5.98. The Bertz CT molecular complexity index is 563. The standard InChI is InChI=1S/C12H13BrClN3/c1-3-8-11(16-17(2)12(8)15)7-4-5-10(14)9(13)6-7/h4-6H,3,15H2,1-2H3. The summed E-state index contributed by atoms with van der Waals surface area (Å²) in [5.74, 6) is 0.716. The summed E-state index contributed by atoms with van der Waals surface area (Å²) in [5.41, 5.74) is 8.99. The molecule has 3 nitrogen and oxygen atoms in total. The van der Waals surface area contributed by atoms with Gasteiger partial charge in [0.05, 0.1) is 10.7 Å². The Morgan fingerprint density at radius 3 is 2.76 bits per heavy atom. The largest absolute Gasteiger partial charge is 0.384 e. The number of aryl methyl sites for hydroxylation is 1. The summed E-state index contributed by atoms with van der Waals surface area (Å²) in [6.45, 7) is 2.07. The van der Waals surface area contributed by atoms with E-state index in [1.165, 1.54) is 0 Å². The van der Waals surface area contributed by atoms with Gasteiger partial charge in [-0.15, -0.1) is 0 Å². The first kappa shape index (κ1) is 12.5. The summed E-state index contributed by atoms with van der Waals surface area (Å²) in [6, 6.07) is 5.77. The molecule has 0 amide bonds. The highest BCUT2D eigenvalue weighted by molar-refractivity contribution is 9.10. The van der Waals surface area contributed by atoms with Crippen LogP contribution < -0.4 is 5.73 Å². The minimum absolute atomic E-state index is 0.690. The number of hydrogen-bond acceptors (Lipinski definition) is 2. The molecule has 0 unspecified atom stereocenters. The quantitative estimate of drug-likeness (QED) is 0.919. The molecule has 90 valence electrons. The predicted molar refractivity (Wildman–Crippen MR) is 75.1 cm³/mol. The van der Waals surface area contributed by atoms with E-state index in [9.17, 15) is 0 Å². The summed E-state index contributed by atoms with van der Waals surface area (Å²) in [5, 5.41) is 5.14. The number of hydrogen-bond donors (Lipinski definition) is 1. The number of halogens is 2. The third-order valence-corrected chi connectivity index (χ3v) is 3.95. The predicted octanol–water partition coefficient (Wildman–Crippen LogP) is 3.65. The molecule has 5 heteroatoms. The van der Waals surface area contributed by atoms with Gasteiger partial charge in [0.25, 0.3) is 0 Å². The summed E-state index contributed by atoms with van der Waals surface area (Å²) in [4.78, 5) is 0. The minimum Gasteiger partial charge on any atom is -0.384 e. The van der Waals surface area contributed by atoms with Gasteiger partial charge in [-0.3, -0.25) is 4.68 Å². The molecule has 2 rings (SSSR count). The zero-order valence-electron chi connectivity index (χ0n) is 9.67. The van der Waals surface area contributed by atoms with Crippen LogP contribution in [0.5, 0.6) is 0 Å². The van der Waals surface area contributed by atoms with Gasteiger partial charge >= 0.3 is 0 Å². The first-order valence-corrected chi connectivity index (χ1v) is 6.48. The smallest absolute Gasteiger partial charge is 0.125 e. The maximum Gasteiger partial charge on any atom is 0.125 e. The lowest BCUT2D eigenvalue weighted by atomic mass is 10.1. The van der Waals surface area contributed by atoms with E-state index in [1.54, 1.807) is 4.68 Å². The van der Waals surface area contributed by atoms with Crippen molar-refractivity contribution in [3.63, 3.8) is 0 Å². The molecule has 1 aromatic heterocycles. The lowest BCUT2D eigenvalue weighted by Gasteiger charge is -2.02. The van der Waals surface area contributed by atoms with Crippen LogP contribution in [0.2, 0.25) is 5.02 Å². The summed E-state index contributed by atoms with van der Waals surface area (Å²) >= 11 is 9.40. The molecular weight excluding hydrogens is 302 g/mol. The van der Waals surface area contributed by atoms with Crippen molar-refractivity contribution in [2.45, 2.75) is 13.3 Å². The average molecular weight is 315 g/mol. The summed E-state index contributed by atoms with van der Waals surface area (Å²) in [7, 11) is 1.85. The number of anilines is 1. The molecule has 2 N–H and O–H groups in total. The Morgan fingerprint density at radius 1 is 1.47 bits per heavy atom. The van der Waals surface area contributed by atoms with Crippen molar-refractivity contribution < 1.29 is 0 Å². The molecule has 0 aliphatic heterocycles. The van der Waals surface area contributed by atoms with Gasteiger partial charge in [-0.25, -0.2) is 0 Å². The molecule has 1 heterocycles. The van der Waals surface area contributed by atoms with Crippen molar-refractivity contribution in [2.75, 3.05) is 5.73 Å². The van der Waals surface area contributed by atoms with Crippen LogP contribution in [0.1, 0.15) is 12.5 Å². The van der Waals surface area contributed by atoms with Crippen LogP contribution in [-0.4, -0.2) is 9.78 Å². The number of benzene rings is 1. The van der Waals surface area contributed by atoms with Crippen LogP contribution in [0.3, 0.4) is 0 Å². The fourth-order valence-corrected chi connectivity index (χ4v) is 2.30. The van der Waals surface area contributed by atoms with Crippen LogP contribution in [0.4, 0.5) is 5.82 Å². The summed E-state index contributed by atoms with van der Waals surface area (Å²) in [6.07, 6.45) is 0.856. The van der Waals surface area contributed by atoms with Gasteiger partial charge in [-0.05, 0) is 34.5 Å². The van der Waals surface area contributed by atoms with E-state index in [2.05, 4.69) is 28.0 Å². The van der Waals surface area contributed by atoms with Crippen molar-refractivity contribution in [1.82, 2.24) is 9.78 Å². The molecule has 0 atom stereocenters. The van der Waals surface area contributed by atoms with Crippen molar-refractivity contribution in [2.24, 2.45) is 7.05 Å². The first-order chi connectivity index (χ1) is 8.04. The molecule has 1 aromatic carbocycles. The van der Waals surface area contributed by atoms with Gasteiger partial charge in [0.1, 0.15) is 5.82 Å². The fraction of sp³-hybridized carbons (Fsp3) is 0.250. The van der Waals surface area contributed by atoms with Gasteiger partial charge < -0.3 is 5.73 Å². The molecule has 0 radical (unpaired) electrons. The maximum atomic E-state index is 5.98. The third-order valence-electron chi connectivity index (χ3n) is 2.74. The molecule has 0 saturated carbocycles. The van der Waals surface area contributed by atoms with E-state index in [0.717, 1.165) is 27.7 Å². The second kappa shape index (κ2) is 4.70. The molecule has 0 aliphatic rings. The van der Waals surface area contributed by atoms with Gasteiger partial charge in [-0.2, -0.15) is 5.10 Å². The van der Waals surface area contributed by atoms with Gasteiger partial charge in [0, 0.05) is 22.6 Å². The molecule has 0 bridgehead atoms. The molecule has 0 fully saturated rings. The third kappa shape index (κ3) is 2.19. The highest BCUT2D eigenvalue weighted by Gasteiger charge is 2.14. The molecule has 0 aliphatic carbocycles. The lowest BCUT2D eigenvalue weighted by molar-refractivity contribution is 0.781. The van der Waals surface area contributed by atoms with E-state index in [1.807, 2.05) is 25.2 Å². The van der Waals surface area contributed by atoms with E-state index >= 15 is 0 Å². The van der Waals surface area contributed by atoms with E-state index in [4.69, 9.17) is 17.3 Å². The van der Waals surface area contributed by atoms with Gasteiger partial charge in [0.2, 0.25) is 0 Å². The van der Waals surface area contributed by atoms with Crippen LogP contribution in [0.15, 0.2) is 22.7 Å². The van der Waals surface area contributed by atoms with E-state index in [0.29, 0.717) is 10.8 Å². The number of nitrogen functional groups attached to an aromatic ring is 1. The average Bonchev–Trinajstić information content (AvgIpc) is 2.59. The Labute approximate surface area is 114 Å². The number of nitrogens with zero attached hydrogens (tertiary/aromatic N) is 2. The highest BCUT2D eigenvalue weighted by atomic mass is 79.9. The normalized spacial score (nSPS) is 10.8. The number of rotatable bonds is 2. The monoisotopic (exact) mass is 313 g/mol. The van der Waals surface area contributed by atoms with Crippen molar-refractivity contribution in [3.8, 4) is 11.3 Å². The molecule has 0 spiro atoms. The zero-order valence-corrected chi connectivity index (χ0v) is 12.0. The Kier molecular flexibility index (Phi) is 3.45. The molecular formula is C12H13BrClN3. The lowest BCUT2D eigenvalue weighted by Crippen LogP contribution is -1.98. The van der Waals surface area contributed by atoms with Gasteiger partial charge in [0.15, 0.2) is 0 Å². The second-order valence-electron chi connectivity index (χ2n) is 3.82. The topological polar surface area (TPSA) is 43.8 Å². The number of aromatic nitrogens is 2. The first-order valence-electron chi connectivity index (χ1n) is 5.31. The van der Waals surface area contributed by atoms with Crippen LogP contribution in [0, 0.1) is 0 Å². The SMILES string of the molecule is CCc1c(-c2ccc(Cl)c(Br)c2)nn(C)c1N. The Hall–Kier alpha value is -1.00. The molecule has 17 heavy (non-hydrogen) atoms. The Morgan fingerprint density at radius 2 is 2.18 bits per heavy atom. The minimum atomic E-state index is 0.690. The Balaban J connectivity index is 2.60. The van der Waals surface area contributed by atoms with Crippen molar-refractivity contribution >= 4 is 33.3 Å². The fourth-order valence-electron chi connectivity index (χ4n) is 1.80. The van der Waals surface area contributed by atoms with Gasteiger partial charge in [-0.1, -0.05) is 24.6 Å². The van der Waals surface area contributed by atoms with Crippen molar-refractivity contribution in [3.05, 3.63) is 33.3 Å². The van der Waals surface area contributed by atoms with Crippen LogP contribution >= 0.6 is 27.5 Å². The van der Waals surface area contributed by atoms with E-state index < -0.39 is 0 Å². The van der Waals surface area contributed by atoms with Crippen LogP contribution in [-0.2, 0) is 13.5 Å². The van der Waals surface area contributed by atoms with Crippen molar-refractivity contribution in [1.29, 1.82) is 0 Å². The van der Waals surface area contributed by atoms with E-state index in [-0.39, 0.29) is 0 Å². The second-order valence-corrected chi connectivity index (χ2v) is 5.08.